The summed E-state index contributed by atoms with van der Waals surface area (Å²) < 4.78 is 0. The molecule has 0 aromatic carbocycles. The van der Waals surface area contributed by atoms with Crippen LogP contribution in [0.25, 0.3) is 0 Å². The monoisotopic (exact) mass is 489 g/mol. The van der Waals surface area contributed by atoms with Gasteiger partial charge in [-0.1, -0.05) is 18.8 Å². The molecule has 2 amide bonds. The quantitative estimate of drug-likeness (QED) is 0.558. The minimum absolute atomic E-state index is 0.0412. The Bertz CT molecular complexity index is 943. The van der Waals surface area contributed by atoms with Crippen LogP contribution in [0.4, 0.5) is 5.69 Å². The third kappa shape index (κ3) is 8.14. The summed E-state index contributed by atoms with van der Waals surface area (Å²) in [6.45, 7) is 9.16. The second-order valence-electron chi connectivity index (χ2n) is 10.6. The Kier molecular flexibility index (Phi) is 9.72. The molecule has 2 rings (SSSR count). The van der Waals surface area contributed by atoms with Gasteiger partial charge in [-0.15, -0.1) is 11.3 Å². The van der Waals surface area contributed by atoms with Gasteiger partial charge in [-0.3, -0.25) is 9.59 Å². The first kappa shape index (κ1) is 27.9. The average molecular weight is 490 g/mol. The molecule has 1 N–H and O–H groups in total. The van der Waals surface area contributed by atoms with E-state index in [0.717, 1.165) is 37.0 Å². The number of likely N-dealkylation sites (N-methyl/N-ethyl adjacent to an activating group) is 2. The zero-order valence-electron chi connectivity index (χ0n) is 21.6. The van der Waals surface area contributed by atoms with Crippen molar-refractivity contribution in [3.8, 4) is 11.8 Å². The highest BCUT2D eigenvalue weighted by Gasteiger charge is 2.33. The molecular weight excluding hydrogens is 450 g/mol. The number of carboxylic acids is 1. The zero-order valence-corrected chi connectivity index (χ0v) is 22.4. The largest absolute Gasteiger partial charge is 0.477 e. The molecule has 0 unspecified atom stereocenters. The smallest absolute Gasteiger partial charge is 0.348 e. The second-order valence-corrected chi connectivity index (χ2v) is 11.7. The van der Waals surface area contributed by atoms with Crippen molar-refractivity contribution in [1.82, 2.24) is 9.80 Å². The third-order valence-electron chi connectivity index (χ3n) is 5.99. The molecule has 0 radical (unpaired) electrons. The first-order chi connectivity index (χ1) is 15.8. The van der Waals surface area contributed by atoms with Crippen LogP contribution in [0.15, 0.2) is 6.07 Å². The average Bonchev–Trinajstić information content (AvgIpc) is 3.18. The Labute approximate surface area is 208 Å². The summed E-state index contributed by atoms with van der Waals surface area (Å²) in [6.07, 6.45) is 3.42. The van der Waals surface area contributed by atoms with E-state index in [1.54, 1.807) is 18.0 Å². The van der Waals surface area contributed by atoms with Gasteiger partial charge in [0.15, 0.2) is 0 Å². The lowest BCUT2D eigenvalue weighted by Gasteiger charge is -2.32. The number of hydrogen-bond acceptors (Lipinski definition) is 5. The Morgan fingerprint density at radius 3 is 2.24 bits per heavy atom. The molecular formula is C26H39N3O4S. The molecule has 0 saturated heterocycles. The van der Waals surface area contributed by atoms with E-state index in [2.05, 4.69) is 18.8 Å². The van der Waals surface area contributed by atoms with Crippen molar-refractivity contribution in [3.63, 3.8) is 0 Å². The minimum Gasteiger partial charge on any atom is -0.477 e. The summed E-state index contributed by atoms with van der Waals surface area (Å²) >= 11 is 1.05. The van der Waals surface area contributed by atoms with Gasteiger partial charge in [-0.2, -0.15) is 0 Å². The highest BCUT2D eigenvalue weighted by Crippen LogP contribution is 2.35. The van der Waals surface area contributed by atoms with Gasteiger partial charge in [-0.05, 0) is 72.5 Å². The Hall–Kier alpha value is -2.37. The highest BCUT2D eigenvalue weighted by atomic mass is 32.1. The van der Waals surface area contributed by atoms with Crippen LogP contribution in [0.5, 0.6) is 0 Å². The van der Waals surface area contributed by atoms with Crippen LogP contribution in [-0.4, -0.2) is 73.5 Å². The lowest BCUT2D eigenvalue weighted by Crippen LogP contribution is -2.46. The first-order valence-corrected chi connectivity index (χ1v) is 12.7. The number of nitrogens with zero attached hydrogens (tertiary/aromatic N) is 3. The van der Waals surface area contributed by atoms with Crippen LogP contribution >= 0.6 is 11.3 Å². The van der Waals surface area contributed by atoms with Crippen LogP contribution < -0.4 is 4.90 Å². The number of thiophene rings is 1. The number of carbonyl (C=O) groups excluding carboxylic acids is 2. The summed E-state index contributed by atoms with van der Waals surface area (Å²) in [7, 11) is 5.58. The second kappa shape index (κ2) is 11.9. The zero-order chi connectivity index (χ0) is 25.6. The fourth-order valence-electron chi connectivity index (χ4n) is 3.79. The van der Waals surface area contributed by atoms with Crippen molar-refractivity contribution in [2.45, 2.75) is 53.4 Å². The van der Waals surface area contributed by atoms with Gasteiger partial charge in [-0.25, -0.2) is 4.79 Å². The van der Waals surface area contributed by atoms with Gasteiger partial charge in [0.25, 0.3) is 0 Å². The summed E-state index contributed by atoms with van der Waals surface area (Å²) in [5.74, 6) is 5.04. The molecule has 0 atom stereocenters. The molecule has 0 spiro atoms. The van der Waals surface area contributed by atoms with Crippen molar-refractivity contribution in [2.24, 2.45) is 17.3 Å². The van der Waals surface area contributed by atoms with Crippen LogP contribution in [0, 0.1) is 29.1 Å². The van der Waals surface area contributed by atoms with E-state index in [0.29, 0.717) is 23.9 Å². The van der Waals surface area contributed by atoms with Crippen LogP contribution in [0.3, 0.4) is 0 Å². The molecule has 1 fully saturated rings. The molecule has 0 bridgehead atoms. The standard InChI is InChI=1S/C26H39N3O4S/c1-18-8-10-19(11-9-18)24(31)29(17-22(30)28(7)15-14-27(5)6)21-16-20(12-13-26(2,3)4)34-23(21)25(32)33/h16,18-19H,8-11,14-15,17H2,1-7H3,(H,32,33). The fourth-order valence-corrected chi connectivity index (χ4v) is 4.64. The van der Waals surface area contributed by atoms with Crippen LogP contribution in [-0.2, 0) is 9.59 Å². The molecule has 1 aliphatic rings. The summed E-state index contributed by atoms with van der Waals surface area (Å²) in [5.41, 5.74) is 0.0288. The third-order valence-corrected chi connectivity index (χ3v) is 7.02. The summed E-state index contributed by atoms with van der Waals surface area (Å²) in [4.78, 5) is 44.4. The van der Waals surface area contributed by atoms with Crippen molar-refractivity contribution in [2.75, 3.05) is 45.7 Å². The van der Waals surface area contributed by atoms with E-state index in [4.69, 9.17) is 0 Å². The summed E-state index contributed by atoms with van der Waals surface area (Å²) in [6, 6.07) is 1.66. The van der Waals surface area contributed by atoms with Crippen LogP contribution in [0.2, 0.25) is 0 Å². The van der Waals surface area contributed by atoms with Crippen molar-refractivity contribution < 1.29 is 19.5 Å². The maximum atomic E-state index is 13.7. The van der Waals surface area contributed by atoms with E-state index in [1.807, 2.05) is 39.8 Å². The number of amides is 2. The lowest BCUT2D eigenvalue weighted by atomic mass is 9.82. The number of hydrogen-bond donors (Lipinski definition) is 1. The number of carboxylic acid groups (broad SMARTS) is 1. The minimum atomic E-state index is -1.12. The molecule has 1 heterocycles. The van der Waals surface area contributed by atoms with Gasteiger partial charge >= 0.3 is 5.97 Å². The van der Waals surface area contributed by atoms with Gasteiger partial charge in [0.1, 0.15) is 11.4 Å². The van der Waals surface area contributed by atoms with Gasteiger partial charge in [0.05, 0.1) is 10.6 Å². The predicted molar refractivity (Wildman–Crippen MR) is 137 cm³/mol. The van der Waals surface area contributed by atoms with Crippen molar-refractivity contribution >= 4 is 34.8 Å². The van der Waals surface area contributed by atoms with Crippen molar-refractivity contribution in [3.05, 3.63) is 15.8 Å². The van der Waals surface area contributed by atoms with Gasteiger partial charge in [0.2, 0.25) is 11.8 Å². The molecule has 1 aliphatic carbocycles. The normalized spacial score (nSPS) is 18.2. The molecule has 34 heavy (non-hydrogen) atoms. The topological polar surface area (TPSA) is 81.2 Å². The van der Waals surface area contributed by atoms with Gasteiger partial charge in [0, 0.05) is 31.5 Å². The SMILES string of the molecule is CC1CCC(C(=O)N(CC(=O)N(C)CCN(C)C)c2cc(C#CC(C)(C)C)sc2C(=O)O)CC1. The van der Waals surface area contributed by atoms with E-state index >= 15 is 0 Å². The number of anilines is 1. The molecule has 1 aromatic heterocycles. The Morgan fingerprint density at radius 1 is 1.09 bits per heavy atom. The number of carbonyl (C=O) groups is 3. The van der Waals surface area contributed by atoms with E-state index in [1.165, 1.54) is 4.90 Å². The highest BCUT2D eigenvalue weighted by molar-refractivity contribution is 7.15. The molecule has 188 valence electrons. The van der Waals surface area contributed by atoms with E-state index < -0.39 is 5.97 Å². The first-order valence-electron chi connectivity index (χ1n) is 11.9. The molecule has 1 saturated carbocycles. The molecule has 7 nitrogen and oxygen atoms in total. The molecule has 8 heteroatoms. The molecule has 1 aromatic rings. The maximum absolute atomic E-state index is 13.7. The number of aromatic carboxylic acids is 1. The Balaban J connectivity index is 2.42. The van der Waals surface area contributed by atoms with E-state index in [-0.39, 0.29) is 40.3 Å². The maximum Gasteiger partial charge on any atom is 0.348 e. The van der Waals surface area contributed by atoms with Gasteiger partial charge < -0.3 is 19.8 Å². The predicted octanol–water partition coefficient (Wildman–Crippen LogP) is 4.02. The van der Waals surface area contributed by atoms with Crippen molar-refractivity contribution in [1.29, 1.82) is 0 Å². The van der Waals surface area contributed by atoms with Crippen LogP contribution in [0.1, 0.15) is 67.9 Å². The lowest BCUT2D eigenvalue weighted by molar-refractivity contribution is -0.131. The molecule has 0 aliphatic heterocycles. The fraction of sp³-hybridized carbons (Fsp3) is 0.654. The Morgan fingerprint density at radius 2 is 1.71 bits per heavy atom. The summed E-state index contributed by atoms with van der Waals surface area (Å²) in [5, 5.41) is 9.89. The number of rotatable bonds is 8. The van der Waals surface area contributed by atoms with E-state index in [9.17, 15) is 19.5 Å².